The van der Waals surface area contributed by atoms with Crippen molar-refractivity contribution in [2.24, 2.45) is 0 Å². The number of esters is 1. The molecule has 1 aromatic carbocycles. The lowest BCUT2D eigenvalue weighted by Gasteiger charge is -2.41. The van der Waals surface area contributed by atoms with E-state index in [-0.39, 0.29) is 11.4 Å². The number of benzene rings is 1. The van der Waals surface area contributed by atoms with Gasteiger partial charge in [-0.2, -0.15) is 0 Å². The fraction of sp³-hybridized carbons (Fsp3) is 0.500. The zero-order chi connectivity index (χ0) is 12.6. The minimum atomic E-state index is -0.204. The van der Waals surface area contributed by atoms with Gasteiger partial charge in [0.25, 0.3) is 0 Å². The molecular formula is C14H16O4. The van der Waals surface area contributed by atoms with Crippen LogP contribution in [0.2, 0.25) is 0 Å². The summed E-state index contributed by atoms with van der Waals surface area (Å²) in [5.74, 6) is 0.780. The number of hydrogen-bond acceptors (Lipinski definition) is 4. The van der Waals surface area contributed by atoms with Gasteiger partial charge < -0.3 is 14.2 Å². The number of hydrogen-bond donors (Lipinski definition) is 0. The maximum Gasteiger partial charge on any atom is 0.306 e. The maximum absolute atomic E-state index is 11.5. The minimum absolute atomic E-state index is 0.185. The summed E-state index contributed by atoms with van der Waals surface area (Å²) >= 11 is 0. The molecule has 0 bridgehead atoms. The molecule has 0 amide bonds. The van der Waals surface area contributed by atoms with Crippen molar-refractivity contribution in [1.29, 1.82) is 0 Å². The Kier molecular flexibility index (Phi) is 2.74. The van der Waals surface area contributed by atoms with E-state index >= 15 is 0 Å². The highest BCUT2D eigenvalue weighted by Gasteiger charge is 2.43. The molecule has 0 aliphatic carbocycles. The lowest BCUT2D eigenvalue weighted by Crippen LogP contribution is -2.48. The van der Waals surface area contributed by atoms with Gasteiger partial charge in [0.2, 0.25) is 0 Å². The molecule has 1 aromatic rings. The van der Waals surface area contributed by atoms with Crippen LogP contribution in [-0.4, -0.2) is 32.9 Å². The van der Waals surface area contributed by atoms with Crippen molar-refractivity contribution in [3.05, 3.63) is 29.3 Å². The summed E-state index contributed by atoms with van der Waals surface area (Å²) in [5.41, 5.74) is 2.18. The predicted molar refractivity (Wildman–Crippen MR) is 64.8 cm³/mol. The van der Waals surface area contributed by atoms with Crippen LogP contribution in [0.4, 0.5) is 0 Å². The molecule has 0 aromatic heterocycles. The summed E-state index contributed by atoms with van der Waals surface area (Å²) in [4.78, 5) is 11.5. The second-order valence-corrected chi connectivity index (χ2v) is 4.95. The second kappa shape index (κ2) is 4.28. The molecule has 3 rings (SSSR count). The van der Waals surface area contributed by atoms with Crippen LogP contribution >= 0.6 is 0 Å². The van der Waals surface area contributed by atoms with Gasteiger partial charge in [0.1, 0.15) is 5.75 Å². The van der Waals surface area contributed by atoms with Gasteiger partial charge in [0, 0.05) is 6.42 Å². The average molecular weight is 248 g/mol. The van der Waals surface area contributed by atoms with Crippen molar-refractivity contribution < 1.29 is 19.0 Å². The predicted octanol–water partition coefficient (Wildman–Crippen LogP) is 1.45. The highest BCUT2D eigenvalue weighted by Crippen LogP contribution is 2.39. The Morgan fingerprint density at radius 2 is 2.28 bits per heavy atom. The third-order valence-corrected chi connectivity index (χ3v) is 3.77. The molecule has 0 unspecified atom stereocenters. The lowest BCUT2D eigenvalue weighted by molar-refractivity contribution is -0.148. The average Bonchev–Trinajstić information content (AvgIpc) is 2.80. The Balaban J connectivity index is 1.89. The fourth-order valence-corrected chi connectivity index (χ4v) is 2.58. The quantitative estimate of drug-likeness (QED) is 0.759. The molecule has 0 radical (unpaired) electrons. The van der Waals surface area contributed by atoms with Crippen molar-refractivity contribution in [3.8, 4) is 5.75 Å². The number of carbonyl (C=O) groups excluding carboxylic acids is 1. The van der Waals surface area contributed by atoms with Gasteiger partial charge >= 0.3 is 5.97 Å². The van der Waals surface area contributed by atoms with E-state index in [1.165, 1.54) is 12.7 Å². The lowest BCUT2D eigenvalue weighted by atomic mass is 9.75. The molecule has 0 saturated carbocycles. The van der Waals surface area contributed by atoms with E-state index in [0.29, 0.717) is 19.6 Å². The van der Waals surface area contributed by atoms with Crippen LogP contribution in [0.5, 0.6) is 5.75 Å². The highest BCUT2D eigenvalue weighted by molar-refractivity contribution is 5.71. The van der Waals surface area contributed by atoms with Gasteiger partial charge in [0.15, 0.2) is 0 Å². The largest absolute Gasteiger partial charge is 0.493 e. The Morgan fingerprint density at radius 3 is 2.94 bits per heavy atom. The summed E-state index contributed by atoms with van der Waals surface area (Å²) in [6, 6.07) is 6.18. The molecule has 2 heterocycles. The number of carbonyl (C=O) groups is 1. The SMILES string of the molecule is COC(=O)CC1(c2ccc3c(c2)CCO3)COC1. The first-order valence-corrected chi connectivity index (χ1v) is 6.14. The van der Waals surface area contributed by atoms with Crippen LogP contribution in [0.1, 0.15) is 17.5 Å². The summed E-state index contributed by atoms with van der Waals surface area (Å²) in [6.07, 6.45) is 1.32. The Bertz CT molecular complexity index is 477. The van der Waals surface area contributed by atoms with E-state index in [1.54, 1.807) is 0 Å². The normalized spacial score (nSPS) is 19.6. The molecule has 18 heavy (non-hydrogen) atoms. The van der Waals surface area contributed by atoms with Crippen molar-refractivity contribution in [2.45, 2.75) is 18.3 Å². The van der Waals surface area contributed by atoms with Crippen LogP contribution in [0.3, 0.4) is 0 Å². The zero-order valence-electron chi connectivity index (χ0n) is 10.4. The van der Waals surface area contributed by atoms with Crippen LogP contribution in [0.15, 0.2) is 18.2 Å². The van der Waals surface area contributed by atoms with E-state index < -0.39 is 0 Å². The molecule has 2 aliphatic heterocycles. The molecule has 0 atom stereocenters. The van der Waals surface area contributed by atoms with Crippen molar-refractivity contribution in [2.75, 3.05) is 26.9 Å². The van der Waals surface area contributed by atoms with Crippen molar-refractivity contribution >= 4 is 5.97 Å². The monoisotopic (exact) mass is 248 g/mol. The van der Waals surface area contributed by atoms with Crippen LogP contribution < -0.4 is 4.74 Å². The molecule has 4 heteroatoms. The molecule has 1 fully saturated rings. The summed E-state index contributed by atoms with van der Waals surface area (Å²) in [7, 11) is 1.42. The van der Waals surface area contributed by atoms with E-state index in [4.69, 9.17) is 14.2 Å². The first kappa shape index (κ1) is 11.5. The standard InChI is InChI=1S/C14H16O4/c1-16-13(15)7-14(8-17-9-14)11-2-3-12-10(6-11)4-5-18-12/h2-3,6H,4-5,7-9H2,1H3. The van der Waals surface area contributed by atoms with Crippen molar-refractivity contribution in [1.82, 2.24) is 0 Å². The van der Waals surface area contributed by atoms with Crippen LogP contribution in [0.25, 0.3) is 0 Å². The van der Waals surface area contributed by atoms with Gasteiger partial charge in [-0.05, 0) is 17.2 Å². The Hall–Kier alpha value is -1.55. The van der Waals surface area contributed by atoms with E-state index in [2.05, 4.69) is 6.07 Å². The smallest absolute Gasteiger partial charge is 0.306 e. The molecular weight excluding hydrogens is 232 g/mol. The first-order valence-electron chi connectivity index (χ1n) is 6.14. The van der Waals surface area contributed by atoms with Gasteiger partial charge in [0.05, 0.1) is 38.8 Å². The number of ether oxygens (including phenoxy) is 3. The molecule has 2 aliphatic rings. The summed E-state index contributed by atoms with van der Waals surface area (Å²) in [5, 5.41) is 0. The number of fused-ring (bicyclic) bond motifs is 1. The van der Waals surface area contributed by atoms with Gasteiger partial charge in [-0.15, -0.1) is 0 Å². The summed E-state index contributed by atoms with van der Waals surface area (Å²) < 4.78 is 15.6. The zero-order valence-corrected chi connectivity index (χ0v) is 10.4. The highest BCUT2D eigenvalue weighted by atomic mass is 16.5. The topological polar surface area (TPSA) is 44.8 Å². The Morgan fingerprint density at radius 1 is 1.44 bits per heavy atom. The molecule has 0 N–H and O–H groups in total. The van der Waals surface area contributed by atoms with Gasteiger partial charge in [-0.25, -0.2) is 0 Å². The van der Waals surface area contributed by atoms with Gasteiger partial charge in [-0.1, -0.05) is 12.1 Å². The van der Waals surface area contributed by atoms with E-state index in [9.17, 15) is 4.79 Å². The molecule has 1 saturated heterocycles. The van der Waals surface area contributed by atoms with Gasteiger partial charge in [-0.3, -0.25) is 4.79 Å². The summed E-state index contributed by atoms with van der Waals surface area (Å²) in [6.45, 7) is 1.92. The first-order chi connectivity index (χ1) is 8.73. The van der Waals surface area contributed by atoms with E-state index in [0.717, 1.165) is 24.3 Å². The third kappa shape index (κ3) is 1.77. The van der Waals surface area contributed by atoms with Crippen LogP contribution in [-0.2, 0) is 26.1 Å². The molecule has 4 nitrogen and oxygen atoms in total. The van der Waals surface area contributed by atoms with Crippen molar-refractivity contribution in [3.63, 3.8) is 0 Å². The maximum atomic E-state index is 11.5. The molecule has 96 valence electrons. The Labute approximate surface area is 106 Å². The van der Waals surface area contributed by atoms with Crippen LogP contribution in [0, 0.1) is 0 Å². The second-order valence-electron chi connectivity index (χ2n) is 4.95. The fourth-order valence-electron chi connectivity index (χ4n) is 2.58. The third-order valence-electron chi connectivity index (χ3n) is 3.77. The molecule has 0 spiro atoms. The number of methoxy groups -OCH3 is 1. The number of rotatable bonds is 3. The van der Waals surface area contributed by atoms with E-state index in [1.807, 2.05) is 12.1 Å². The minimum Gasteiger partial charge on any atom is -0.493 e.